The number of ether oxygens (including phenoxy) is 1. The first-order chi connectivity index (χ1) is 13.6. The number of aromatic hydroxyl groups is 1. The Balaban J connectivity index is 1.75. The highest BCUT2D eigenvalue weighted by molar-refractivity contribution is 5.89. The molecular formula is C22H17N3O3. The van der Waals surface area contributed by atoms with E-state index in [1.807, 2.05) is 30.3 Å². The topological polar surface area (TPSA) is 84.3 Å². The molecule has 0 bridgehead atoms. The lowest BCUT2D eigenvalue weighted by Crippen LogP contribution is -2.05. The number of anilines is 1. The second kappa shape index (κ2) is 7.36. The molecule has 6 heteroatoms. The summed E-state index contributed by atoms with van der Waals surface area (Å²) < 4.78 is 6.01. The molecule has 0 fully saturated rings. The maximum atomic E-state index is 11.2. The minimum Gasteiger partial charge on any atom is -0.507 e. The van der Waals surface area contributed by atoms with Gasteiger partial charge >= 0.3 is 0 Å². The van der Waals surface area contributed by atoms with Gasteiger partial charge in [0.1, 0.15) is 11.5 Å². The molecule has 28 heavy (non-hydrogen) atoms. The second-order valence-electron chi connectivity index (χ2n) is 6.19. The number of phenols is 1. The van der Waals surface area contributed by atoms with Crippen LogP contribution in [0, 0.1) is 0 Å². The van der Waals surface area contributed by atoms with Gasteiger partial charge in [0.25, 0.3) is 0 Å². The van der Waals surface area contributed by atoms with Crippen molar-refractivity contribution in [2.75, 3.05) is 5.32 Å². The van der Waals surface area contributed by atoms with E-state index in [0.29, 0.717) is 34.2 Å². The van der Waals surface area contributed by atoms with Gasteiger partial charge in [-0.05, 0) is 48.5 Å². The number of benzene rings is 3. The first-order valence-electron chi connectivity index (χ1n) is 8.71. The summed E-state index contributed by atoms with van der Waals surface area (Å²) >= 11 is 0. The molecule has 0 atom stereocenters. The van der Waals surface area contributed by atoms with Crippen LogP contribution >= 0.6 is 0 Å². The fraction of sp³-hybridized carbons (Fsp3) is 0.0455. The maximum absolute atomic E-state index is 11.2. The number of rotatable bonds is 4. The molecule has 0 spiro atoms. The number of amides is 1. The molecule has 0 saturated heterocycles. The average Bonchev–Trinajstić information content (AvgIpc) is 2.69. The Kier molecular flexibility index (Phi) is 4.60. The van der Waals surface area contributed by atoms with E-state index in [-0.39, 0.29) is 11.7 Å². The highest BCUT2D eigenvalue weighted by Crippen LogP contribution is 2.33. The third-order valence-electron chi connectivity index (χ3n) is 4.10. The van der Waals surface area contributed by atoms with Crippen molar-refractivity contribution in [3.63, 3.8) is 0 Å². The number of fused-ring (bicyclic) bond motifs is 1. The molecule has 4 rings (SSSR count). The number of hydrogen-bond acceptors (Lipinski definition) is 5. The lowest BCUT2D eigenvalue weighted by molar-refractivity contribution is -0.114. The van der Waals surface area contributed by atoms with Gasteiger partial charge in [0.05, 0.1) is 16.5 Å². The summed E-state index contributed by atoms with van der Waals surface area (Å²) in [6.45, 7) is 1.46. The third kappa shape index (κ3) is 3.61. The molecule has 0 radical (unpaired) electrons. The van der Waals surface area contributed by atoms with E-state index in [0.717, 1.165) is 5.39 Å². The molecule has 0 aliphatic carbocycles. The molecule has 0 aliphatic rings. The van der Waals surface area contributed by atoms with Crippen molar-refractivity contribution < 1.29 is 14.6 Å². The van der Waals surface area contributed by atoms with E-state index >= 15 is 0 Å². The smallest absolute Gasteiger partial charge is 0.230 e. The molecule has 6 nitrogen and oxygen atoms in total. The van der Waals surface area contributed by atoms with Gasteiger partial charge < -0.3 is 15.2 Å². The summed E-state index contributed by atoms with van der Waals surface area (Å²) in [5.74, 6) is 1.30. The quantitative estimate of drug-likeness (QED) is 0.541. The Morgan fingerprint density at radius 3 is 2.39 bits per heavy atom. The largest absolute Gasteiger partial charge is 0.507 e. The van der Waals surface area contributed by atoms with Gasteiger partial charge in [0.2, 0.25) is 11.8 Å². The number of nitrogens with zero attached hydrogens (tertiary/aromatic N) is 2. The zero-order chi connectivity index (χ0) is 19.5. The summed E-state index contributed by atoms with van der Waals surface area (Å²) in [7, 11) is 0. The van der Waals surface area contributed by atoms with Crippen molar-refractivity contribution in [3.05, 3.63) is 72.8 Å². The normalized spacial score (nSPS) is 10.6. The number of para-hydroxylation sites is 2. The Bertz CT molecular complexity index is 1160. The number of nitrogens with one attached hydrogen (secondary N) is 1. The van der Waals surface area contributed by atoms with Gasteiger partial charge in [-0.15, -0.1) is 0 Å². The van der Waals surface area contributed by atoms with Crippen LogP contribution in [0.15, 0.2) is 72.8 Å². The highest BCUT2D eigenvalue weighted by atomic mass is 16.5. The Morgan fingerprint density at radius 2 is 1.64 bits per heavy atom. The fourth-order valence-electron chi connectivity index (χ4n) is 2.83. The van der Waals surface area contributed by atoms with Crippen LogP contribution in [0.2, 0.25) is 0 Å². The monoisotopic (exact) mass is 371 g/mol. The molecule has 3 aromatic carbocycles. The van der Waals surface area contributed by atoms with E-state index in [1.165, 1.54) is 6.92 Å². The van der Waals surface area contributed by atoms with E-state index in [9.17, 15) is 9.90 Å². The predicted molar refractivity (Wildman–Crippen MR) is 107 cm³/mol. The van der Waals surface area contributed by atoms with E-state index in [4.69, 9.17) is 4.74 Å². The summed E-state index contributed by atoms with van der Waals surface area (Å²) in [5, 5.41) is 13.6. The number of aromatic nitrogens is 2. The molecule has 1 aromatic heterocycles. The van der Waals surface area contributed by atoms with Crippen LogP contribution in [0.25, 0.3) is 22.3 Å². The van der Waals surface area contributed by atoms with Crippen LogP contribution in [0.3, 0.4) is 0 Å². The molecule has 1 amide bonds. The minimum atomic E-state index is -0.136. The van der Waals surface area contributed by atoms with Crippen molar-refractivity contribution in [2.24, 2.45) is 0 Å². The van der Waals surface area contributed by atoms with E-state index in [2.05, 4.69) is 15.3 Å². The number of phenolic OH excluding ortho intramolecular Hbond substituents is 1. The molecule has 0 saturated carbocycles. The molecule has 0 unspecified atom stereocenters. The van der Waals surface area contributed by atoms with Crippen molar-refractivity contribution in [1.82, 2.24) is 9.97 Å². The van der Waals surface area contributed by atoms with Crippen LogP contribution in [0.5, 0.6) is 17.4 Å². The lowest BCUT2D eigenvalue weighted by Gasteiger charge is -2.11. The lowest BCUT2D eigenvalue weighted by atomic mass is 10.1. The fourth-order valence-corrected chi connectivity index (χ4v) is 2.83. The van der Waals surface area contributed by atoms with Crippen LogP contribution in [-0.2, 0) is 4.79 Å². The molecule has 138 valence electrons. The first-order valence-corrected chi connectivity index (χ1v) is 8.71. The van der Waals surface area contributed by atoms with Crippen LogP contribution < -0.4 is 10.1 Å². The standard InChI is InChI=1S/C22H17N3O3/c1-14(26)23-15-10-12-16(13-11-15)28-22-17-6-2-4-8-19(17)24-21(25-22)18-7-3-5-9-20(18)27/h2-13,27H,1H3,(H,23,26). The second-order valence-corrected chi connectivity index (χ2v) is 6.19. The minimum absolute atomic E-state index is 0.100. The summed E-state index contributed by atoms with van der Waals surface area (Å²) in [6, 6.07) is 21.4. The summed E-state index contributed by atoms with van der Waals surface area (Å²) in [4.78, 5) is 20.2. The first kappa shape index (κ1) is 17.5. The molecule has 0 aliphatic heterocycles. The van der Waals surface area contributed by atoms with Crippen molar-refractivity contribution in [3.8, 4) is 28.8 Å². The molecular weight excluding hydrogens is 354 g/mol. The van der Waals surface area contributed by atoms with Crippen molar-refractivity contribution in [1.29, 1.82) is 0 Å². The highest BCUT2D eigenvalue weighted by Gasteiger charge is 2.13. The average molecular weight is 371 g/mol. The van der Waals surface area contributed by atoms with Gasteiger partial charge in [0, 0.05) is 12.6 Å². The molecule has 2 N–H and O–H groups in total. The summed E-state index contributed by atoms with van der Waals surface area (Å²) in [6.07, 6.45) is 0. The van der Waals surface area contributed by atoms with Crippen LogP contribution in [0.1, 0.15) is 6.92 Å². The Labute approximate surface area is 161 Å². The number of hydrogen-bond donors (Lipinski definition) is 2. The Hall–Kier alpha value is -3.93. The van der Waals surface area contributed by atoms with Crippen LogP contribution in [-0.4, -0.2) is 21.0 Å². The van der Waals surface area contributed by atoms with Crippen LogP contribution in [0.4, 0.5) is 5.69 Å². The van der Waals surface area contributed by atoms with Gasteiger partial charge in [-0.2, -0.15) is 4.98 Å². The zero-order valence-electron chi connectivity index (χ0n) is 15.1. The van der Waals surface area contributed by atoms with Crippen molar-refractivity contribution >= 4 is 22.5 Å². The maximum Gasteiger partial charge on any atom is 0.230 e. The Morgan fingerprint density at radius 1 is 0.929 bits per heavy atom. The van der Waals surface area contributed by atoms with Gasteiger partial charge in [-0.1, -0.05) is 24.3 Å². The van der Waals surface area contributed by atoms with Gasteiger partial charge in [-0.25, -0.2) is 4.98 Å². The molecule has 1 heterocycles. The predicted octanol–water partition coefficient (Wildman–Crippen LogP) is 4.75. The van der Waals surface area contributed by atoms with Gasteiger partial charge in [-0.3, -0.25) is 4.79 Å². The van der Waals surface area contributed by atoms with Crippen molar-refractivity contribution in [2.45, 2.75) is 6.92 Å². The summed E-state index contributed by atoms with van der Waals surface area (Å²) in [5.41, 5.74) is 1.92. The SMILES string of the molecule is CC(=O)Nc1ccc(Oc2nc(-c3ccccc3O)nc3ccccc23)cc1. The number of carbonyl (C=O) groups excluding carboxylic acids is 1. The zero-order valence-corrected chi connectivity index (χ0v) is 15.1. The van der Waals surface area contributed by atoms with Gasteiger partial charge in [0.15, 0.2) is 5.82 Å². The number of carbonyl (C=O) groups is 1. The van der Waals surface area contributed by atoms with E-state index < -0.39 is 0 Å². The third-order valence-corrected chi connectivity index (χ3v) is 4.10. The molecule has 4 aromatic rings. The van der Waals surface area contributed by atoms with E-state index in [1.54, 1.807) is 42.5 Å².